The van der Waals surface area contributed by atoms with Gasteiger partial charge in [0, 0.05) is 21.7 Å². The van der Waals surface area contributed by atoms with Crippen LogP contribution in [-0.4, -0.2) is 11.8 Å². The molecule has 0 radical (unpaired) electrons. The second kappa shape index (κ2) is 6.84. The molecule has 4 heteroatoms. The third kappa shape index (κ3) is 3.80. The van der Waals surface area contributed by atoms with Crippen LogP contribution in [0.5, 0.6) is 0 Å². The van der Waals surface area contributed by atoms with Crippen LogP contribution in [0.2, 0.25) is 5.02 Å². The Hall–Kier alpha value is -1.00. The highest BCUT2D eigenvalue weighted by atomic mass is 35.5. The van der Waals surface area contributed by atoms with Gasteiger partial charge in [-0.1, -0.05) is 48.0 Å². The molecule has 3 rings (SSSR count). The summed E-state index contributed by atoms with van der Waals surface area (Å²) in [6.45, 7) is 0. The van der Waals surface area contributed by atoms with Gasteiger partial charge in [0.1, 0.15) is 0 Å². The first-order valence-electron chi connectivity index (χ1n) is 7.17. The number of benzene rings is 2. The Kier molecular flexibility index (Phi) is 4.86. The van der Waals surface area contributed by atoms with Crippen LogP contribution in [0.4, 0.5) is 0 Å². The van der Waals surface area contributed by atoms with Crippen molar-refractivity contribution in [1.29, 1.82) is 0 Å². The molecule has 3 atom stereocenters. The average molecular weight is 319 g/mol. The molecule has 3 N–H and O–H groups in total. The molecule has 0 aromatic heterocycles. The number of hydrogen-bond acceptors (Lipinski definition) is 3. The fraction of sp³-hybridized carbons (Fsp3) is 0.294. The molecule has 0 amide bonds. The molecule has 2 aromatic rings. The van der Waals surface area contributed by atoms with Gasteiger partial charge in [-0.25, -0.2) is 0 Å². The lowest BCUT2D eigenvalue weighted by molar-refractivity contribution is 0.511. The zero-order chi connectivity index (χ0) is 14.7. The summed E-state index contributed by atoms with van der Waals surface area (Å²) in [4.78, 5) is 1.19. The van der Waals surface area contributed by atoms with Gasteiger partial charge in [-0.05, 0) is 42.0 Å². The van der Waals surface area contributed by atoms with Crippen LogP contribution in [0.25, 0.3) is 0 Å². The van der Waals surface area contributed by atoms with Gasteiger partial charge in [-0.2, -0.15) is 0 Å². The summed E-state index contributed by atoms with van der Waals surface area (Å²) in [6, 6.07) is 19.0. The average Bonchev–Trinajstić information content (AvgIpc) is 3.29. The second-order valence-corrected chi connectivity index (χ2v) is 6.99. The zero-order valence-electron chi connectivity index (χ0n) is 11.7. The minimum Gasteiger partial charge on any atom is -0.271 e. The van der Waals surface area contributed by atoms with Crippen molar-refractivity contribution in [2.45, 2.75) is 23.3 Å². The quantitative estimate of drug-likeness (QED) is 0.479. The molecule has 0 aliphatic heterocycles. The summed E-state index contributed by atoms with van der Waals surface area (Å²) in [5.74, 6) is 8.00. The summed E-state index contributed by atoms with van der Waals surface area (Å²) in [5, 5.41) is 0.783. The van der Waals surface area contributed by atoms with Crippen molar-refractivity contribution >= 4 is 23.4 Å². The van der Waals surface area contributed by atoms with Crippen LogP contribution < -0.4 is 11.3 Å². The standard InChI is InChI=1S/C17H19ClN2S/c18-13-7-4-8-14(9-13)21-11-17(20-19)16-10-15(16)12-5-2-1-3-6-12/h1-9,15-17,20H,10-11,19H2. The summed E-state index contributed by atoms with van der Waals surface area (Å²) < 4.78 is 0. The highest BCUT2D eigenvalue weighted by molar-refractivity contribution is 7.99. The lowest BCUT2D eigenvalue weighted by atomic mass is 10.1. The van der Waals surface area contributed by atoms with Crippen molar-refractivity contribution < 1.29 is 0 Å². The Bertz CT molecular complexity index is 590. The van der Waals surface area contributed by atoms with E-state index in [2.05, 4.69) is 41.8 Å². The summed E-state index contributed by atoms with van der Waals surface area (Å²) in [5.41, 5.74) is 4.42. The maximum Gasteiger partial charge on any atom is 0.0417 e. The first-order valence-corrected chi connectivity index (χ1v) is 8.53. The van der Waals surface area contributed by atoms with Crippen LogP contribution in [0.3, 0.4) is 0 Å². The van der Waals surface area contributed by atoms with Crippen molar-refractivity contribution in [2.24, 2.45) is 11.8 Å². The predicted octanol–water partition coefficient (Wildman–Crippen LogP) is 4.07. The van der Waals surface area contributed by atoms with Gasteiger partial charge >= 0.3 is 0 Å². The molecular formula is C17H19ClN2S. The summed E-state index contributed by atoms with van der Waals surface area (Å²) >= 11 is 7.82. The van der Waals surface area contributed by atoms with Gasteiger partial charge < -0.3 is 0 Å². The number of halogens is 1. The maximum atomic E-state index is 6.02. The van der Waals surface area contributed by atoms with Gasteiger partial charge in [0.25, 0.3) is 0 Å². The van der Waals surface area contributed by atoms with E-state index in [1.54, 1.807) is 11.8 Å². The molecule has 0 spiro atoms. The third-order valence-electron chi connectivity index (χ3n) is 4.02. The summed E-state index contributed by atoms with van der Waals surface area (Å²) in [7, 11) is 0. The molecule has 0 heterocycles. The van der Waals surface area contributed by atoms with E-state index >= 15 is 0 Å². The molecule has 3 unspecified atom stereocenters. The lowest BCUT2D eigenvalue weighted by Gasteiger charge is -2.15. The highest BCUT2D eigenvalue weighted by Crippen LogP contribution is 2.50. The van der Waals surface area contributed by atoms with E-state index in [9.17, 15) is 0 Å². The van der Waals surface area contributed by atoms with Gasteiger partial charge in [-0.3, -0.25) is 11.3 Å². The van der Waals surface area contributed by atoms with Crippen LogP contribution in [0, 0.1) is 5.92 Å². The molecule has 1 saturated carbocycles. The molecule has 0 bridgehead atoms. The molecule has 1 aliphatic rings. The summed E-state index contributed by atoms with van der Waals surface area (Å²) in [6.07, 6.45) is 1.22. The van der Waals surface area contributed by atoms with Crippen LogP contribution in [0.15, 0.2) is 59.5 Å². The molecule has 1 aliphatic carbocycles. The Morgan fingerprint density at radius 2 is 2.00 bits per heavy atom. The number of hydrazine groups is 1. The Morgan fingerprint density at radius 3 is 2.71 bits per heavy atom. The van der Waals surface area contributed by atoms with E-state index in [0.717, 1.165) is 10.8 Å². The van der Waals surface area contributed by atoms with Crippen molar-refractivity contribution in [3.05, 3.63) is 65.2 Å². The third-order valence-corrected chi connectivity index (χ3v) is 5.37. The fourth-order valence-corrected chi connectivity index (χ4v) is 4.14. The lowest BCUT2D eigenvalue weighted by Crippen LogP contribution is -2.39. The van der Waals surface area contributed by atoms with E-state index in [1.807, 2.05) is 18.2 Å². The largest absolute Gasteiger partial charge is 0.271 e. The Balaban J connectivity index is 1.57. The molecule has 1 fully saturated rings. The minimum absolute atomic E-state index is 0.333. The van der Waals surface area contributed by atoms with E-state index in [1.165, 1.54) is 16.9 Å². The first-order chi connectivity index (χ1) is 10.3. The van der Waals surface area contributed by atoms with Gasteiger partial charge in [0.15, 0.2) is 0 Å². The number of nitrogens with two attached hydrogens (primary N) is 1. The molecule has 0 saturated heterocycles. The monoisotopic (exact) mass is 318 g/mol. The van der Waals surface area contributed by atoms with E-state index in [4.69, 9.17) is 17.4 Å². The second-order valence-electron chi connectivity index (χ2n) is 5.46. The van der Waals surface area contributed by atoms with E-state index in [0.29, 0.717) is 17.9 Å². The van der Waals surface area contributed by atoms with E-state index < -0.39 is 0 Å². The SMILES string of the molecule is NNC(CSc1cccc(Cl)c1)C1CC1c1ccccc1. The van der Waals surface area contributed by atoms with E-state index in [-0.39, 0.29) is 0 Å². The van der Waals surface area contributed by atoms with Crippen LogP contribution in [-0.2, 0) is 0 Å². The first kappa shape index (κ1) is 14.9. The maximum absolute atomic E-state index is 6.02. The van der Waals surface area contributed by atoms with Gasteiger partial charge in [0.05, 0.1) is 0 Å². The van der Waals surface area contributed by atoms with Crippen LogP contribution in [0.1, 0.15) is 17.9 Å². The zero-order valence-corrected chi connectivity index (χ0v) is 13.3. The topological polar surface area (TPSA) is 38.0 Å². The van der Waals surface area contributed by atoms with Crippen LogP contribution >= 0.6 is 23.4 Å². The van der Waals surface area contributed by atoms with Crippen molar-refractivity contribution in [1.82, 2.24) is 5.43 Å². The Labute approximate surface area is 135 Å². The molecule has 2 nitrogen and oxygen atoms in total. The highest BCUT2D eigenvalue weighted by Gasteiger charge is 2.43. The van der Waals surface area contributed by atoms with Gasteiger partial charge in [-0.15, -0.1) is 11.8 Å². The van der Waals surface area contributed by atoms with Crippen molar-refractivity contribution in [2.75, 3.05) is 5.75 Å². The number of rotatable bonds is 6. The Morgan fingerprint density at radius 1 is 1.19 bits per heavy atom. The molecular weight excluding hydrogens is 300 g/mol. The van der Waals surface area contributed by atoms with Crippen molar-refractivity contribution in [3.63, 3.8) is 0 Å². The molecule has 110 valence electrons. The normalized spacial score (nSPS) is 22.0. The van der Waals surface area contributed by atoms with Crippen molar-refractivity contribution in [3.8, 4) is 0 Å². The molecule has 2 aromatic carbocycles. The molecule has 21 heavy (non-hydrogen) atoms. The smallest absolute Gasteiger partial charge is 0.0417 e. The number of thioether (sulfide) groups is 1. The van der Waals surface area contributed by atoms with Gasteiger partial charge in [0.2, 0.25) is 0 Å². The minimum atomic E-state index is 0.333. The fourth-order valence-electron chi connectivity index (χ4n) is 2.78. The predicted molar refractivity (Wildman–Crippen MR) is 90.6 cm³/mol. The number of nitrogens with one attached hydrogen (secondary N) is 1. The number of hydrogen-bond donors (Lipinski definition) is 2.